The summed E-state index contributed by atoms with van der Waals surface area (Å²) >= 11 is 0. The first-order valence-corrected chi connectivity index (χ1v) is 8.42. The number of primary amides is 1. The van der Waals surface area contributed by atoms with Gasteiger partial charge in [0, 0.05) is 37.6 Å². The molecule has 2 N–H and O–H groups in total. The van der Waals surface area contributed by atoms with Crippen LogP contribution in [0.1, 0.15) is 12.8 Å². The van der Waals surface area contributed by atoms with Crippen molar-refractivity contribution in [2.45, 2.75) is 12.8 Å². The summed E-state index contributed by atoms with van der Waals surface area (Å²) in [7, 11) is 0. The van der Waals surface area contributed by atoms with Crippen LogP contribution in [0.2, 0.25) is 0 Å². The number of pyridine rings is 1. The van der Waals surface area contributed by atoms with Gasteiger partial charge in [0.1, 0.15) is 5.82 Å². The third-order valence-electron chi connectivity index (χ3n) is 4.77. The summed E-state index contributed by atoms with van der Waals surface area (Å²) < 4.78 is 0. The Balaban J connectivity index is 1.59. The highest BCUT2D eigenvalue weighted by Crippen LogP contribution is 2.27. The van der Waals surface area contributed by atoms with Crippen molar-refractivity contribution in [3.8, 4) is 11.1 Å². The molecule has 3 heterocycles. The van der Waals surface area contributed by atoms with Crippen molar-refractivity contribution < 1.29 is 4.79 Å². The fraction of sp³-hybridized carbons (Fsp3) is 0.263. The molecule has 6 nitrogen and oxygen atoms in total. The van der Waals surface area contributed by atoms with Gasteiger partial charge in [0.2, 0.25) is 5.91 Å². The molecule has 0 atom stereocenters. The number of amides is 1. The van der Waals surface area contributed by atoms with Gasteiger partial charge in [0.25, 0.3) is 0 Å². The molecule has 1 aromatic carbocycles. The second kappa shape index (κ2) is 6.47. The standard InChI is InChI=1S/C19H19N5O/c20-19(25)13-4-9-24(10-5-13)18-12-15(3-6-23-18)14-1-2-16-17(11-14)22-8-7-21-16/h1-3,6-8,11-13H,4-5,9-10H2,(H2,20,25). The Kier molecular flexibility index (Phi) is 4.01. The van der Waals surface area contributed by atoms with Crippen LogP contribution in [0.4, 0.5) is 5.82 Å². The third kappa shape index (κ3) is 3.15. The molecule has 0 bridgehead atoms. The molecule has 25 heavy (non-hydrogen) atoms. The molecule has 126 valence electrons. The minimum atomic E-state index is -0.196. The van der Waals surface area contributed by atoms with E-state index >= 15 is 0 Å². The lowest BCUT2D eigenvalue weighted by Gasteiger charge is -2.31. The normalized spacial score (nSPS) is 15.4. The van der Waals surface area contributed by atoms with Gasteiger partial charge in [-0.25, -0.2) is 4.98 Å². The van der Waals surface area contributed by atoms with Gasteiger partial charge in [-0.05, 0) is 48.2 Å². The van der Waals surface area contributed by atoms with Crippen LogP contribution >= 0.6 is 0 Å². The molecule has 0 unspecified atom stereocenters. The van der Waals surface area contributed by atoms with Crippen molar-refractivity contribution in [3.05, 3.63) is 48.9 Å². The first-order valence-electron chi connectivity index (χ1n) is 8.42. The van der Waals surface area contributed by atoms with Crippen molar-refractivity contribution in [2.24, 2.45) is 11.7 Å². The van der Waals surface area contributed by atoms with Gasteiger partial charge in [-0.15, -0.1) is 0 Å². The highest BCUT2D eigenvalue weighted by Gasteiger charge is 2.23. The van der Waals surface area contributed by atoms with Gasteiger partial charge in [-0.1, -0.05) is 6.07 Å². The van der Waals surface area contributed by atoms with Gasteiger partial charge in [-0.3, -0.25) is 14.8 Å². The van der Waals surface area contributed by atoms with Crippen LogP contribution in [0.3, 0.4) is 0 Å². The molecule has 0 spiro atoms. The zero-order valence-corrected chi connectivity index (χ0v) is 13.8. The van der Waals surface area contributed by atoms with Gasteiger partial charge < -0.3 is 10.6 Å². The SMILES string of the molecule is NC(=O)C1CCN(c2cc(-c3ccc4nccnc4c3)ccn2)CC1. The monoisotopic (exact) mass is 333 g/mol. The maximum absolute atomic E-state index is 11.3. The van der Waals surface area contributed by atoms with E-state index in [9.17, 15) is 4.79 Å². The second-order valence-corrected chi connectivity index (χ2v) is 6.33. The van der Waals surface area contributed by atoms with Crippen LogP contribution in [-0.2, 0) is 4.79 Å². The number of fused-ring (bicyclic) bond motifs is 1. The maximum atomic E-state index is 11.3. The van der Waals surface area contributed by atoms with Crippen molar-refractivity contribution in [3.63, 3.8) is 0 Å². The Labute approximate surface area is 145 Å². The number of anilines is 1. The van der Waals surface area contributed by atoms with Gasteiger partial charge in [0.05, 0.1) is 11.0 Å². The summed E-state index contributed by atoms with van der Waals surface area (Å²) in [5, 5.41) is 0. The highest BCUT2D eigenvalue weighted by molar-refractivity contribution is 5.81. The summed E-state index contributed by atoms with van der Waals surface area (Å²) in [6.07, 6.45) is 6.79. The van der Waals surface area contributed by atoms with E-state index < -0.39 is 0 Å². The summed E-state index contributed by atoms with van der Waals surface area (Å²) in [4.78, 5) is 26.7. The predicted molar refractivity (Wildman–Crippen MR) is 96.9 cm³/mol. The van der Waals surface area contributed by atoms with Crippen LogP contribution < -0.4 is 10.6 Å². The van der Waals surface area contributed by atoms with E-state index in [4.69, 9.17) is 5.73 Å². The lowest BCUT2D eigenvalue weighted by molar-refractivity contribution is -0.122. The third-order valence-corrected chi connectivity index (χ3v) is 4.77. The first kappa shape index (κ1) is 15.5. The fourth-order valence-corrected chi connectivity index (χ4v) is 3.31. The quantitative estimate of drug-likeness (QED) is 0.795. The molecule has 0 aliphatic carbocycles. The van der Waals surface area contributed by atoms with E-state index in [0.717, 1.165) is 53.9 Å². The molecule has 4 rings (SSSR count). The van der Waals surface area contributed by atoms with E-state index in [1.807, 2.05) is 24.4 Å². The van der Waals surface area contributed by atoms with Crippen molar-refractivity contribution in [1.82, 2.24) is 15.0 Å². The molecule has 3 aromatic rings. The molecule has 0 radical (unpaired) electrons. The molecule has 6 heteroatoms. The number of hydrogen-bond donors (Lipinski definition) is 1. The summed E-state index contributed by atoms with van der Waals surface area (Å²) in [6.45, 7) is 1.60. The summed E-state index contributed by atoms with van der Waals surface area (Å²) in [5.41, 5.74) is 9.35. The molecule has 1 fully saturated rings. The van der Waals surface area contributed by atoms with Crippen molar-refractivity contribution in [1.29, 1.82) is 0 Å². The number of nitrogens with two attached hydrogens (primary N) is 1. The average Bonchev–Trinajstić information content (AvgIpc) is 2.68. The molecule has 1 amide bonds. The molecule has 1 saturated heterocycles. The Hall–Kier alpha value is -3.02. The van der Waals surface area contributed by atoms with Crippen LogP contribution in [0.5, 0.6) is 0 Å². The lowest BCUT2D eigenvalue weighted by Crippen LogP contribution is -2.38. The smallest absolute Gasteiger partial charge is 0.220 e. The van der Waals surface area contributed by atoms with Gasteiger partial charge >= 0.3 is 0 Å². The zero-order valence-electron chi connectivity index (χ0n) is 13.8. The number of benzene rings is 1. The highest BCUT2D eigenvalue weighted by atomic mass is 16.1. The number of nitrogens with zero attached hydrogens (tertiary/aromatic N) is 4. The van der Waals surface area contributed by atoms with E-state index in [2.05, 4.69) is 32.0 Å². The average molecular weight is 333 g/mol. The minimum Gasteiger partial charge on any atom is -0.369 e. The van der Waals surface area contributed by atoms with E-state index in [-0.39, 0.29) is 11.8 Å². The molecule has 1 aliphatic rings. The van der Waals surface area contributed by atoms with E-state index in [1.54, 1.807) is 12.4 Å². The zero-order chi connectivity index (χ0) is 17.2. The fourth-order valence-electron chi connectivity index (χ4n) is 3.31. The number of rotatable bonds is 3. The van der Waals surface area contributed by atoms with Crippen molar-refractivity contribution >= 4 is 22.8 Å². The molecule has 1 aliphatic heterocycles. The number of piperidine rings is 1. The van der Waals surface area contributed by atoms with Gasteiger partial charge in [-0.2, -0.15) is 0 Å². The maximum Gasteiger partial charge on any atom is 0.220 e. The van der Waals surface area contributed by atoms with Crippen molar-refractivity contribution in [2.75, 3.05) is 18.0 Å². The Morgan fingerprint density at radius 1 is 0.920 bits per heavy atom. The molecular formula is C19H19N5O. The second-order valence-electron chi connectivity index (χ2n) is 6.33. The molecule has 0 saturated carbocycles. The number of carbonyl (C=O) groups is 1. The molecule has 2 aromatic heterocycles. The Morgan fingerprint density at radius 3 is 2.40 bits per heavy atom. The van der Waals surface area contributed by atoms with Gasteiger partial charge in [0.15, 0.2) is 0 Å². The molecular weight excluding hydrogens is 314 g/mol. The summed E-state index contributed by atoms with van der Waals surface area (Å²) in [5.74, 6) is 0.719. The van der Waals surface area contributed by atoms with E-state index in [0.29, 0.717) is 0 Å². The topological polar surface area (TPSA) is 85.0 Å². The van der Waals surface area contributed by atoms with Crippen LogP contribution in [0.25, 0.3) is 22.2 Å². The Bertz CT molecular complexity index is 918. The predicted octanol–water partition coefficient (Wildman–Crippen LogP) is 2.39. The largest absolute Gasteiger partial charge is 0.369 e. The first-order chi connectivity index (χ1) is 12.2. The Morgan fingerprint density at radius 2 is 1.64 bits per heavy atom. The number of carbonyl (C=O) groups excluding carboxylic acids is 1. The van der Waals surface area contributed by atoms with Crippen LogP contribution in [0.15, 0.2) is 48.9 Å². The number of hydrogen-bond acceptors (Lipinski definition) is 5. The lowest BCUT2D eigenvalue weighted by atomic mass is 9.96. The van der Waals surface area contributed by atoms with Crippen LogP contribution in [-0.4, -0.2) is 33.9 Å². The minimum absolute atomic E-state index is 0.0153. The summed E-state index contributed by atoms with van der Waals surface area (Å²) in [6, 6.07) is 10.2. The van der Waals surface area contributed by atoms with E-state index in [1.165, 1.54) is 0 Å². The number of aromatic nitrogens is 3. The van der Waals surface area contributed by atoms with Crippen LogP contribution in [0, 0.1) is 5.92 Å².